The molecular weight excluding hydrogens is 885 g/mol. The molecule has 18 heteroatoms. The van der Waals surface area contributed by atoms with Crippen molar-refractivity contribution < 1.29 is 4.79 Å². The van der Waals surface area contributed by atoms with Crippen LogP contribution in [0.5, 0.6) is 0 Å². The van der Waals surface area contributed by atoms with Crippen LogP contribution in [0.3, 0.4) is 0 Å². The van der Waals surface area contributed by atoms with Crippen molar-refractivity contribution >= 4 is 110 Å². The second kappa shape index (κ2) is 15.9. The van der Waals surface area contributed by atoms with E-state index in [1.54, 1.807) is 28.3 Å². The molecule has 5 aromatic heterocycles. The van der Waals surface area contributed by atoms with Crippen LogP contribution in [0.2, 0.25) is 0 Å². The molecule has 56 heavy (non-hydrogen) atoms. The average Bonchev–Trinajstić information content (AvgIpc) is 4.08. The van der Waals surface area contributed by atoms with Gasteiger partial charge in [0.2, 0.25) is 5.95 Å². The van der Waals surface area contributed by atoms with E-state index in [4.69, 9.17) is 32.4 Å². The maximum atomic E-state index is 12.8. The number of nitrogens with one attached hydrogen (secondary N) is 4. The van der Waals surface area contributed by atoms with Crippen LogP contribution in [-0.2, 0) is 0 Å². The summed E-state index contributed by atoms with van der Waals surface area (Å²) in [6.45, 7) is 0. The van der Waals surface area contributed by atoms with Crippen LogP contribution >= 0.6 is 21.7 Å². The molecule has 5 heterocycles. The summed E-state index contributed by atoms with van der Waals surface area (Å²) in [5.74, 6) is 5.57. The number of benzene rings is 2. The zero-order chi connectivity index (χ0) is 38.3. The Morgan fingerprint density at radius 1 is 0.804 bits per heavy atom. The summed E-state index contributed by atoms with van der Waals surface area (Å²) in [6.07, 6.45) is 13.8. The third kappa shape index (κ3) is 7.46. The molecule has 0 amide bonds. The fourth-order valence-corrected chi connectivity index (χ4v) is 12.7. The Morgan fingerprint density at radius 3 is 1.98 bits per heavy atom. The van der Waals surface area contributed by atoms with Gasteiger partial charge >= 0.3 is 241 Å². The Balaban J connectivity index is 0.000000122. The number of hydrogen-bond acceptors (Lipinski definition) is 11. The summed E-state index contributed by atoms with van der Waals surface area (Å²) in [7, 11) is 5.63. The van der Waals surface area contributed by atoms with Gasteiger partial charge in [-0.25, -0.2) is 4.98 Å². The summed E-state index contributed by atoms with van der Waals surface area (Å²) in [5.41, 5.74) is 9.12. The van der Waals surface area contributed by atoms with Crippen LogP contribution in [0, 0.1) is 23.7 Å². The van der Waals surface area contributed by atoms with Gasteiger partial charge < -0.3 is 16.0 Å². The quantitative estimate of drug-likeness (QED) is 0.101. The molecule has 11 rings (SSSR count). The first-order valence-corrected chi connectivity index (χ1v) is 23.8. The number of nitrogens with two attached hydrogens (primary N) is 1. The second-order valence-electron chi connectivity index (χ2n) is 14.9. The first kappa shape index (κ1) is 37.3. The predicted octanol–water partition coefficient (Wildman–Crippen LogP) is 5.40. The van der Waals surface area contributed by atoms with Gasteiger partial charge in [-0.05, 0) is 31.1 Å². The molecule has 6 atom stereocenters. The Bertz CT molecular complexity index is 2610. The zero-order valence-corrected chi connectivity index (χ0v) is 34.9. The Morgan fingerprint density at radius 2 is 1.41 bits per heavy atom. The van der Waals surface area contributed by atoms with Crippen LogP contribution in [0.15, 0.2) is 66.0 Å². The number of rotatable bonds is 7. The van der Waals surface area contributed by atoms with E-state index >= 15 is 0 Å². The summed E-state index contributed by atoms with van der Waals surface area (Å²) in [4.78, 5) is 56.0. The van der Waals surface area contributed by atoms with E-state index in [1.807, 2.05) is 36.4 Å². The van der Waals surface area contributed by atoms with E-state index in [2.05, 4.69) is 45.5 Å². The van der Waals surface area contributed by atoms with Crippen LogP contribution in [0.1, 0.15) is 61.7 Å². The molecule has 0 spiro atoms. The summed E-state index contributed by atoms with van der Waals surface area (Å²) in [5, 5.41) is 7.50. The number of H-pyrrole nitrogens is 2. The number of halogens is 2. The van der Waals surface area contributed by atoms with Crippen molar-refractivity contribution in [1.82, 2.24) is 43.4 Å². The first-order chi connectivity index (χ1) is 27.3. The Kier molecular flexibility index (Phi) is 10.6. The zero-order valence-electron chi connectivity index (χ0n) is 30.0. The Hall–Kier alpha value is -4.30. The average molecular weight is 924 g/mol. The van der Waals surface area contributed by atoms with Crippen molar-refractivity contribution in [2.75, 3.05) is 16.4 Å². The molecule has 4 aliphatic rings. The molecule has 0 saturated heterocycles. The van der Waals surface area contributed by atoms with Gasteiger partial charge in [0.1, 0.15) is 5.52 Å². The van der Waals surface area contributed by atoms with E-state index < -0.39 is 5.24 Å². The number of fused-ring (bicyclic) bond motifs is 7. The van der Waals surface area contributed by atoms with E-state index in [-0.39, 0.29) is 40.3 Å². The summed E-state index contributed by atoms with van der Waals surface area (Å²) >= 11 is 4.95. The van der Waals surface area contributed by atoms with Crippen molar-refractivity contribution in [2.24, 2.45) is 23.7 Å². The number of imidazole rings is 2. The number of carbonyl (C=O) groups excluding carboxylic acids is 1. The fourth-order valence-electron chi connectivity index (χ4n) is 8.97. The molecule has 4 fully saturated rings. The molecule has 6 N–H and O–H groups in total. The number of carbonyl (C=O) groups is 1. The van der Waals surface area contributed by atoms with E-state index in [0.29, 0.717) is 34.9 Å². The van der Waals surface area contributed by atoms with Gasteiger partial charge in [-0.3, -0.25) is 0 Å². The molecule has 0 aliphatic heterocycles. The number of anilines is 3. The van der Waals surface area contributed by atoms with Crippen molar-refractivity contribution in [2.45, 2.75) is 63.5 Å². The monoisotopic (exact) mass is 924 g/mol. The summed E-state index contributed by atoms with van der Waals surface area (Å²) < 4.78 is 3.61. The fraction of sp³-hybridized carbons (Fsp3) is 0.368. The SMILES string of the molecule is Nc1nc(NC2CC3CC[C@@H]2C3)c2[nH]cnc2n1.O=C(Cl)c1ccccc1[Se]Cl.O=c1c2ccccc2[se]n1-c1nc(NC2CC3CC[C@@H]2C3)c2[nH]cnc2n1. The van der Waals surface area contributed by atoms with Gasteiger partial charge in [-0.1, -0.05) is 6.42 Å². The van der Waals surface area contributed by atoms with Crippen LogP contribution in [0.25, 0.3) is 37.9 Å². The molecule has 4 saturated carbocycles. The molecule has 7 aromatic rings. The normalized spacial score (nSPS) is 23.2. The third-order valence-corrected chi connectivity index (χ3v) is 15.9. The number of aromatic amines is 2. The second-order valence-corrected chi connectivity index (χ2v) is 19.4. The number of aromatic nitrogens is 9. The summed E-state index contributed by atoms with van der Waals surface area (Å²) in [6, 6.07) is 15.8. The van der Waals surface area contributed by atoms with E-state index in [0.717, 1.165) is 60.4 Å². The van der Waals surface area contributed by atoms with Gasteiger partial charge in [0.05, 0.1) is 6.33 Å². The molecule has 288 valence electrons. The molecule has 4 unspecified atom stereocenters. The standard InChI is InChI=1S/C19H18N6OSe.C12H16N6.C7H4Cl2OSe/c26-18-12-3-1-2-4-14(12)27-25(18)19-23-16-15(20-9-21-16)17(24-19)22-13-8-10-5-6-11(13)7-10;13-12-17-10-9(14-5-15-10)11(18-12)16-8-4-6-1-2-7(8)3-6;8-7(10)5-3-1-2-4-6(5)11-9/h1-4,9-11,13H,5-8H2,(H2,20,21,22,23,24);5-8H,1-4H2,(H4,13,14,15,16,17,18);1-4H/t10?,11-,13?;6?,7-,8?;/m11./s1. The van der Waals surface area contributed by atoms with Crippen molar-refractivity contribution in [1.29, 1.82) is 0 Å². The van der Waals surface area contributed by atoms with E-state index in [1.165, 1.54) is 51.4 Å². The van der Waals surface area contributed by atoms with Crippen molar-refractivity contribution in [3.8, 4) is 5.95 Å². The minimum atomic E-state index is -0.442. The van der Waals surface area contributed by atoms with Gasteiger partial charge in [0, 0.05) is 6.04 Å². The minimum absolute atomic E-state index is 0.0219. The third-order valence-electron chi connectivity index (χ3n) is 11.6. The van der Waals surface area contributed by atoms with Crippen LogP contribution in [0.4, 0.5) is 17.6 Å². The maximum absolute atomic E-state index is 12.8. The molecule has 4 bridgehead atoms. The first-order valence-electron chi connectivity index (χ1n) is 18.7. The van der Waals surface area contributed by atoms with Crippen molar-refractivity contribution in [3.63, 3.8) is 0 Å². The number of hydrogen-bond donors (Lipinski definition) is 5. The molecule has 2 aromatic carbocycles. The van der Waals surface area contributed by atoms with Crippen LogP contribution in [-0.4, -0.2) is 89.5 Å². The molecule has 4 aliphatic carbocycles. The number of nitrogen functional groups attached to an aromatic ring is 1. The van der Waals surface area contributed by atoms with Gasteiger partial charge in [-0.15, -0.1) is 0 Å². The van der Waals surface area contributed by atoms with Gasteiger partial charge in [-0.2, -0.15) is 9.97 Å². The molecule has 14 nitrogen and oxygen atoms in total. The van der Waals surface area contributed by atoms with Crippen molar-refractivity contribution in [3.05, 3.63) is 77.1 Å². The molecular formula is C38H38Cl2N12O2Se2. The van der Waals surface area contributed by atoms with E-state index in [9.17, 15) is 9.59 Å². The number of nitrogens with zero attached hydrogens (tertiary/aromatic N) is 7. The van der Waals surface area contributed by atoms with Crippen LogP contribution < -0.4 is 26.4 Å². The molecule has 0 radical (unpaired) electrons. The van der Waals surface area contributed by atoms with Gasteiger partial charge in [0.25, 0.3) is 0 Å². The van der Waals surface area contributed by atoms with Gasteiger partial charge in [0.15, 0.2) is 11.5 Å². The topological polar surface area (TPSA) is 198 Å². The predicted molar refractivity (Wildman–Crippen MR) is 221 cm³/mol. The Labute approximate surface area is 342 Å².